The summed E-state index contributed by atoms with van der Waals surface area (Å²) in [6, 6.07) is 6.09. The monoisotopic (exact) mass is 456 g/mol. The summed E-state index contributed by atoms with van der Waals surface area (Å²) in [7, 11) is 0. The second-order valence-electron chi connectivity index (χ2n) is 8.47. The minimum atomic E-state index is -0.250. The van der Waals surface area contributed by atoms with Gasteiger partial charge in [0.1, 0.15) is 17.9 Å². The van der Waals surface area contributed by atoms with Crippen LogP contribution in [-0.2, 0) is 16.1 Å². The van der Waals surface area contributed by atoms with Crippen LogP contribution >= 0.6 is 11.6 Å². The molecule has 9 nitrogen and oxygen atoms in total. The van der Waals surface area contributed by atoms with Gasteiger partial charge in [-0.3, -0.25) is 9.78 Å². The highest BCUT2D eigenvalue weighted by Gasteiger charge is 2.32. The first-order valence-electron chi connectivity index (χ1n) is 10.3. The molecule has 5 rings (SSSR count). The Balaban J connectivity index is 0.000000775. The SMILES string of the molecule is Cc1cn(Cc2nc3cnc4ccc(Cl)cc4c3n2C2CCOC(C)(C)C2)nn1.O=CO. The summed E-state index contributed by atoms with van der Waals surface area (Å²) in [6.07, 6.45) is 5.63. The summed E-state index contributed by atoms with van der Waals surface area (Å²) in [5, 5.41) is 16.9. The Bertz CT molecular complexity index is 1270. The van der Waals surface area contributed by atoms with Gasteiger partial charge in [0, 0.05) is 29.3 Å². The molecule has 1 fully saturated rings. The van der Waals surface area contributed by atoms with E-state index in [-0.39, 0.29) is 18.1 Å². The van der Waals surface area contributed by atoms with E-state index in [4.69, 9.17) is 31.2 Å². The van der Waals surface area contributed by atoms with E-state index in [1.165, 1.54) is 0 Å². The molecule has 0 spiro atoms. The average Bonchev–Trinajstić information content (AvgIpc) is 3.31. The van der Waals surface area contributed by atoms with Gasteiger partial charge in [-0.05, 0) is 51.8 Å². The number of aryl methyl sites for hydroxylation is 1. The summed E-state index contributed by atoms with van der Waals surface area (Å²) in [6.45, 7) is 7.26. The van der Waals surface area contributed by atoms with Gasteiger partial charge >= 0.3 is 0 Å². The van der Waals surface area contributed by atoms with Gasteiger partial charge in [0.15, 0.2) is 0 Å². The van der Waals surface area contributed by atoms with Crippen molar-refractivity contribution >= 4 is 40.0 Å². The molecule has 4 aromatic rings. The van der Waals surface area contributed by atoms with Gasteiger partial charge in [0.05, 0.1) is 28.5 Å². The van der Waals surface area contributed by atoms with E-state index in [2.05, 4.69) is 33.7 Å². The number of rotatable bonds is 3. The highest BCUT2D eigenvalue weighted by molar-refractivity contribution is 6.31. The van der Waals surface area contributed by atoms with Gasteiger partial charge in [-0.25, -0.2) is 9.67 Å². The summed E-state index contributed by atoms with van der Waals surface area (Å²) in [4.78, 5) is 17.9. The normalized spacial score (nSPS) is 17.8. The molecule has 3 aromatic heterocycles. The number of carbonyl (C=O) groups is 1. The number of nitrogens with zero attached hydrogens (tertiary/aromatic N) is 6. The number of pyridine rings is 1. The fourth-order valence-electron chi connectivity index (χ4n) is 4.34. The highest BCUT2D eigenvalue weighted by Crippen LogP contribution is 2.37. The van der Waals surface area contributed by atoms with Crippen molar-refractivity contribution in [1.82, 2.24) is 29.5 Å². The standard InChI is InChI=1S/C21H23ClN6O.CH2O2/c1-13-11-27(26-25-13)12-19-24-18-10-23-17-5-4-14(22)8-16(17)20(18)28(19)15-6-7-29-21(2,3)9-15;2-1-3/h4-5,8,10-11,15H,6-7,9,12H2,1-3H3;1H,(H,2,3). The van der Waals surface area contributed by atoms with E-state index >= 15 is 0 Å². The molecule has 1 unspecified atom stereocenters. The van der Waals surface area contributed by atoms with E-state index < -0.39 is 0 Å². The maximum atomic E-state index is 8.36. The predicted molar refractivity (Wildman–Crippen MR) is 121 cm³/mol. The molecule has 1 aliphatic rings. The average molecular weight is 457 g/mol. The topological polar surface area (TPSA) is 108 Å². The third-order valence-electron chi connectivity index (χ3n) is 5.54. The van der Waals surface area contributed by atoms with Crippen molar-refractivity contribution in [1.29, 1.82) is 0 Å². The molecular formula is C22H25ClN6O3. The fraction of sp³-hybridized carbons (Fsp3) is 0.409. The number of fused-ring (bicyclic) bond motifs is 3. The minimum absolute atomic E-state index is 0.179. The van der Waals surface area contributed by atoms with Crippen LogP contribution in [0.25, 0.3) is 21.9 Å². The van der Waals surface area contributed by atoms with Crippen LogP contribution in [0.2, 0.25) is 5.02 Å². The van der Waals surface area contributed by atoms with Crippen molar-refractivity contribution in [3.63, 3.8) is 0 Å². The molecule has 10 heteroatoms. The summed E-state index contributed by atoms with van der Waals surface area (Å²) in [5.74, 6) is 0.946. The van der Waals surface area contributed by atoms with Crippen LogP contribution in [0, 0.1) is 6.92 Å². The van der Waals surface area contributed by atoms with Crippen LogP contribution < -0.4 is 0 Å². The lowest BCUT2D eigenvalue weighted by Crippen LogP contribution is -2.35. The Morgan fingerprint density at radius 2 is 2.12 bits per heavy atom. The van der Waals surface area contributed by atoms with Gasteiger partial charge in [-0.1, -0.05) is 16.8 Å². The van der Waals surface area contributed by atoms with Crippen LogP contribution in [0.5, 0.6) is 0 Å². The van der Waals surface area contributed by atoms with Crippen molar-refractivity contribution in [2.75, 3.05) is 6.61 Å². The Kier molecular flexibility index (Phi) is 6.12. The van der Waals surface area contributed by atoms with Crippen LogP contribution in [0.4, 0.5) is 0 Å². The molecule has 1 atom stereocenters. The molecule has 168 valence electrons. The van der Waals surface area contributed by atoms with Crippen LogP contribution in [0.1, 0.15) is 44.2 Å². The van der Waals surface area contributed by atoms with E-state index in [1.54, 1.807) is 0 Å². The molecule has 0 radical (unpaired) electrons. The molecule has 1 saturated heterocycles. The quantitative estimate of drug-likeness (QED) is 0.464. The largest absolute Gasteiger partial charge is 0.483 e. The minimum Gasteiger partial charge on any atom is -0.483 e. The number of carboxylic acid groups (broad SMARTS) is 1. The summed E-state index contributed by atoms with van der Waals surface area (Å²) >= 11 is 6.34. The molecule has 0 bridgehead atoms. The maximum Gasteiger partial charge on any atom is 0.290 e. The zero-order valence-electron chi connectivity index (χ0n) is 18.2. The van der Waals surface area contributed by atoms with Crippen LogP contribution in [-0.4, -0.2) is 53.3 Å². The molecule has 0 saturated carbocycles. The molecule has 0 amide bonds. The van der Waals surface area contributed by atoms with E-state index in [0.717, 1.165) is 52.9 Å². The summed E-state index contributed by atoms with van der Waals surface area (Å²) < 4.78 is 10.2. The molecule has 1 aliphatic heterocycles. The first-order chi connectivity index (χ1) is 15.3. The number of ether oxygens (including phenoxy) is 1. The number of halogens is 1. The fourth-order valence-corrected chi connectivity index (χ4v) is 4.51. The van der Waals surface area contributed by atoms with Gasteiger partial charge in [0.25, 0.3) is 6.47 Å². The highest BCUT2D eigenvalue weighted by atomic mass is 35.5. The Morgan fingerprint density at radius 1 is 1.34 bits per heavy atom. The number of aromatic nitrogens is 6. The van der Waals surface area contributed by atoms with Gasteiger partial charge in [-0.15, -0.1) is 5.10 Å². The molecule has 32 heavy (non-hydrogen) atoms. The van der Waals surface area contributed by atoms with Crippen molar-refractivity contribution in [3.05, 3.63) is 47.1 Å². The van der Waals surface area contributed by atoms with Gasteiger partial charge < -0.3 is 14.4 Å². The lowest BCUT2D eigenvalue weighted by molar-refractivity contribution is -0.122. The number of imidazole rings is 1. The number of benzene rings is 1. The molecule has 1 N–H and O–H groups in total. The Morgan fingerprint density at radius 3 is 2.81 bits per heavy atom. The van der Waals surface area contributed by atoms with E-state index in [1.807, 2.05) is 42.2 Å². The first kappa shape index (κ1) is 22.2. The smallest absolute Gasteiger partial charge is 0.290 e. The van der Waals surface area contributed by atoms with E-state index in [0.29, 0.717) is 11.6 Å². The summed E-state index contributed by atoms with van der Waals surface area (Å²) in [5.41, 5.74) is 3.57. The van der Waals surface area contributed by atoms with Gasteiger partial charge in [-0.2, -0.15) is 0 Å². The van der Waals surface area contributed by atoms with Crippen molar-refractivity contribution < 1.29 is 14.6 Å². The van der Waals surface area contributed by atoms with E-state index in [9.17, 15) is 0 Å². The number of hydrogen-bond acceptors (Lipinski definition) is 6. The second kappa shape index (κ2) is 8.84. The molecule has 1 aromatic carbocycles. The Labute approximate surface area is 190 Å². The Hall–Kier alpha value is -3.04. The van der Waals surface area contributed by atoms with Gasteiger partial charge in [0.2, 0.25) is 0 Å². The zero-order chi connectivity index (χ0) is 22.9. The third-order valence-corrected chi connectivity index (χ3v) is 5.78. The predicted octanol–water partition coefficient (Wildman–Crippen LogP) is 4.02. The third kappa shape index (κ3) is 4.44. The molecule has 4 heterocycles. The first-order valence-corrected chi connectivity index (χ1v) is 10.7. The maximum absolute atomic E-state index is 8.36. The van der Waals surface area contributed by atoms with Crippen LogP contribution in [0.15, 0.2) is 30.6 Å². The zero-order valence-corrected chi connectivity index (χ0v) is 19.0. The lowest BCUT2D eigenvalue weighted by atomic mass is 9.93. The van der Waals surface area contributed by atoms with Crippen molar-refractivity contribution in [2.45, 2.75) is 51.8 Å². The molecular weight excluding hydrogens is 432 g/mol. The lowest BCUT2D eigenvalue weighted by Gasteiger charge is -2.37. The number of hydrogen-bond donors (Lipinski definition) is 1. The van der Waals surface area contributed by atoms with Crippen LogP contribution in [0.3, 0.4) is 0 Å². The van der Waals surface area contributed by atoms with Crippen molar-refractivity contribution in [3.8, 4) is 0 Å². The van der Waals surface area contributed by atoms with Crippen molar-refractivity contribution in [2.24, 2.45) is 0 Å². The molecule has 0 aliphatic carbocycles. The second-order valence-corrected chi connectivity index (χ2v) is 8.91.